The van der Waals surface area contributed by atoms with Crippen molar-refractivity contribution in [3.63, 3.8) is 0 Å². The molecule has 0 bridgehead atoms. The molecule has 1 aliphatic heterocycles. The van der Waals surface area contributed by atoms with Crippen molar-refractivity contribution in [2.45, 2.75) is 32.9 Å². The first-order valence-corrected chi connectivity index (χ1v) is 8.96. The van der Waals surface area contributed by atoms with Crippen LogP contribution < -0.4 is 5.69 Å². The minimum Gasteiger partial charge on any atom is -0.383 e. The summed E-state index contributed by atoms with van der Waals surface area (Å²) in [6, 6.07) is 8.09. The van der Waals surface area contributed by atoms with E-state index in [-0.39, 0.29) is 17.5 Å². The topological polar surface area (TPSA) is 69.4 Å². The predicted octanol–water partition coefficient (Wildman–Crippen LogP) is 1.13. The van der Waals surface area contributed by atoms with Gasteiger partial charge in [-0.1, -0.05) is 24.3 Å². The summed E-state index contributed by atoms with van der Waals surface area (Å²) >= 11 is 0. The minimum atomic E-state index is -0.203. The largest absolute Gasteiger partial charge is 0.383 e. The molecule has 0 unspecified atom stereocenters. The predicted molar refractivity (Wildman–Crippen MR) is 97.8 cm³/mol. The number of ether oxygens (including phenoxy) is 1. The summed E-state index contributed by atoms with van der Waals surface area (Å²) in [6.45, 7) is 4.03. The Labute approximate surface area is 153 Å². The summed E-state index contributed by atoms with van der Waals surface area (Å²) in [5.41, 5.74) is 2.14. The third-order valence-corrected chi connectivity index (χ3v) is 5.05. The Morgan fingerprint density at radius 2 is 2.15 bits per heavy atom. The molecule has 7 nitrogen and oxygen atoms in total. The molecule has 0 spiro atoms. The molecule has 0 N–H and O–H groups in total. The van der Waals surface area contributed by atoms with E-state index in [9.17, 15) is 9.59 Å². The van der Waals surface area contributed by atoms with E-state index in [0.717, 1.165) is 17.0 Å². The highest BCUT2D eigenvalue weighted by atomic mass is 16.5. The fraction of sp³-hybridized carbons (Fsp3) is 0.526. The van der Waals surface area contributed by atoms with Gasteiger partial charge in [-0.05, 0) is 24.5 Å². The lowest BCUT2D eigenvalue weighted by atomic mass is 9.97. The summed E-state index contributed by atoms with van der Waals surface area (Å²) in [4.78, 5) is 27.2. The third kappa shape index (κ3) is 3.72. The molecule has 0 saturated heterocycles. The number of rotatable bonds is 6. The Hall–Kier alpha value is -2.41. The number of carbonyl (C=O) groups excluding carboxylic acids is 1. The molecule has 2 aromatic rings. The highest BCUT2D eigenvalue weighted by molar-refractivity contribution is 5.79. The summed E-state index contributed by atoms with van der Waals surface area (Å²) < 4.78 is 8.17. The van der Waals surface area contributed by atoms with Crippen molar-refractivity contribution in [1.82, 2.24) is 19.2 Å². The van der Waals surface area contributed by atoms with Crippen LogP contribution in [-0.2, 0) is 36.1 Å². The second-order valence-corrected chi connectivity index (χ2v) is 6.85. The number of aromatic nitrogens is 3. The number of fused-ring (bicyclic) bond motifs is 1. The fourth-order valence-electron chi connectivity index (χ4n) is 3.46. The molecular formula is C19H26N4O3. The lowest BCUT2D eigenvalue weighted by Crippen LogP contribution is -2.42. The Morgan fingerprint density at radius 1 is 1.38 bits per heavy atom. The highest BCUT2D eigenvalue weighted by Crippen LogP contribution is 2.21. The second kappa shape index (κ2) is 7.86. The van der Waals surface area contributed by atoms with Crippen LogP contribution in [0.5, 0.6) is 0 Å². The second-order valence-electron chi connectivity index (χ2n) is 6.85. The van der Waals surface area contributed by atoms with E-state index in [2.05, 4.69) is 18.1 Å². The van der Waals surface area contributed by atoms with Crippen LogP contribution in [0, 0.1) is 12.8 Å². The normalized spacial score (nSPS) is 16.3. The van der Waals surface area contributed by atoms with Crippen molar-refractivity contribution in [1.29, 1.82) is 0 Å². The molecule has 7 heteroatoms. The van der Waals surface area contributed by atoms with Crippen LogP contribution in [0.1, 0.15) is 23.4 Å². The number of methoxy groups -OCH3 is 1. The zero-order valence-corrected chi connectivity index (χ0v) is 15.6. The molecule has 3 rings (SSSR count). The van der Waals surface area contributed by atoms with Crippen molar-refractivity contribution >= 4 is 5.91 Å². The molecule has 0 radical (unpaired) electrons. The van der Waals surface area contributed by atoms with Gasteiger partial charge in [0.05, 0.1) is 12.5 Å². The number of benzene rings is 1. The van der Waals surface area contributed by atoms with Crippen LogP contribution in [0.3, 0.4) is 0 Å². The fourth-order valence-corrected chi connectivity index (χ4v) is 3.46. The van der Waals surface area contributed by atoms with Gasteiger partial charge >= 0.3 is 5.69 Å². The highest BCUT2D eigenvalue weighted by Gasteiger charge is 2.30. The van der Waals surface area contributed by atoms with Crippen molar-refractivity contribution in [3.05, 3.63) is 51.7 Å². The third-order valence-electron chi connectivity index (χ3n) is 5.05. The molecular weight excluding hydrogens is 332 g/mol. The molecule has 0 saturated carbocycles. The Balaban J connectivity index is 1.78. The van der Waals surface area contributed by atoms with Crippen molar-refractivity contribution in [2.75, 3.05) is 20.3 Å². The van der Waals surface area contributed by atoms with Crippen LogP contribution in [0.2, 0.25) is 0 Å². The van der Waals surface area contributed by atoms with Gasteiger partial charge in [-0.25, -0.2) is 9.48 Å². The molecule has 0 fully saturated rings. The number of amides is 1. The van der Waals surface area contributed by atoms with Gasteiger partial charge in [-0.3, -0.25) is 9.36 Å². The Bertz CT molecular complexity index is 840. The molecule has 1 amide bonds. The molecule has 1 aromatic heterocycles. The van der Waals surface area contributed by atoms with Gasteiger partial charge in [0.15, 0.2) is 0 Å². The zero-order valence-electron chi connectivity index (χ0n) is 15.6. The van der Waals surface area contributed by atoms with Gasteiger partial charge in [-0.15, -0.1) is 0 Å². The molecule has 1 aromatic carbocycles. The number of aryl methyl sites for hydroxylation is 3. The van der Waals surface area contributed by atoms with Crippen LogP contribution in [0.25, 0.3) is 0 Å². The molecule has 140 valence electrons. The van der Waals surface area contributed by atoms with Crippen molar-refractivity contribution in [3.8, 4) is 0 Å². The minimum absolute atomic E-state index is 0.0757. The molecule has 1 aliphatic rings. The summed E-state index contributed by atoms with van der Waals surface area (Å²) in [5.74, 6) is 0.640. The van der Waals surface area contributed by atoms with Gasteiger partial charge in [0.2, 0.25) is 5.91 Å². The lowest BCUT2D eigenvalue weighted by Gasteiger charge is -2.30. The Morgan fingerprint density at radius 3 is 2.88 bits per heavy atom. The average Bonchev–Trinajstić information content (AvgIpc) is 2.93. The molecule has 1 atom stereocenters. The maximum Gasteiger partial charge on any atom is 0.345 e. The monoisotopic (exact) mass is 358 g/mol. The maximum absolute atomic E-state index is 13.2. The standard InChI is InChI=1S/C19H26N4O3/c1-14-6-4-5-7-15(14)12-22(10-11-26-3)18(24)16-8-9-17-20-21(2)19(25)23(17)13-16/h4-7,16H,8-13H2,1-3H3/t16-/m0/s1. The van der Waals surface area contributed by atoms with Crippen LogP contribution in [-0.4, -0.2) is 45.4 Å². The summed E-state index contributed by atoms with van der Waals surface area (Å²) in [6.07, 6.45) is 1.36. The first-order chi connectivity index (χ1) is 12.5. The average molecular weight is 358 g/mol. The van der Waals surface area contributed by atoms with E-state index < -0.39 is 0 Å². The summed E-state index contributed by atoms with van der Waals surface area (Å²) in [5, 5.41) is 4.24. The van der Waals surface area contributed by atoms with Crippen LogP contribution in [0.4, 0.5) is 0 Å². The van der Waals surface area contributed by atoms with Gasteiger partial charge < -0.3 is 9.64 Å². The first-order valence-electron chi connectivity index (χ1n) is 8.96. The lowest BCUT2D eigenvalue weighted by molar-refractivity contribution is -0.138. The van der Waals surface area contributed by atoms with E-state index in [1.165, 1.54) is 4.68 Å². The van der Waals surface area contributed by atoms with E-state index >= 15 is 0 Å². The van der Waals surface area contributed by atoms with E-state index in [1.807, 2.05) is 23.1 Å². The molecule has 0 aliphatic carbocycles. The Kier molecular flexibility index (Phi) is 5.56. The van der Waals surface area contributed by atoms with Gasteiger partial charge in [-0.2, -0.15) is 5.10 Å². The quantitative estimate of drug-likeness (QED) is 0.776. The van der Waals surface area contributed by atoms with Crippen LogP contribution in [0.15, 0.2) is 29.1 Å². The number of hydrogen-bond donors (Lipinski definition) is 0. The number of carbonyl (C=O) groups is 1. The first kappa shape index (κ1) is 18.4. The van der Waals surface area contributed by atoms with E-state index in [0.29, 0.717) is 39.1 Å². The molecule has 2 heterocycles. The SMILES string of the molecule is COCCN(Cc1ccccc1C)C(=O)[C@H]1CCc2nn(C)c(=O)n2C1. The number of hydrogen-bond acceptors (Lipinski definition) is 4. The van der Waals surface area contributed by atoms with Crippen molar-refractivity contribution < 1.29 is 9.53 Å². The summed E-state index contributed by atoms with van der Waals surface area (Å²) in [7, 11) is 3.28. The number of nitrogens with zero attached hydrogens (tertiary/aromatic N) is 4. The van der Waals surface area contributed by atoms with E-state index in [4.69, 9.17) is 4.74 Å². The van der Waals surface area contributed by atoms with Gasteiger partial charge in [0.25, 0.3) is 0 Å². The smallest absolute Gasteiger partial charge is 0.345 e. The van der Waals surface area contributed by atoms with Crippen molar-refractivity contribution in [2.24, 2.45) is 13.0 Å². The van der Waals surface area contributed by atoms with Gasteiger partial charge in [0.1, 0.15) is 5.82 Å². The molecule has 26 heavy (non-hydrogen) atoms. The van der Waals surface area contributed by atoms with E-state index in [1.54, 1.807) is 18.7 Å². The zero-order chi connectivity index (χ0) is 18.7. The maximum atomic E-state index is 13.2. The van der Waals surface area contributed by atoms with Gasteiger partial charge in [0, 0.05) is 40.2 Å². The van der Waals surface area contributed by atoms with Crippen LogP contribution >= 0.6 is 0 Å².